The van der Waals surface area contributed by atoms with Crippen LogP contribution in [0.1, 0.15) is 11.4 Å². The molecule has 0 amide bonds. The molecule has 0 radical (unpaired) electrons. The van der Waals surface area contributed by atoms with E-state index in [-0.39, 0.29) is 0 Å². The van der Waals surface area contributed by atoms with Crippen LogP contribution in [0.2, 0.25) is 0 Å². The van der Waals surface area contributed by atoms with Crippen LogP contribution in [0.3, 0.4) is 0 Å². The van der Waals surface area contributed by atoms with Gasteiger partial charge in [0.15, 0.2) is 5.82 Å². The number of aromatic nitrogens is 3. The molecule has 1 saturated heterocycles. The Bertz CT molecular complexity index is 605. The van der Waals surface area contributed by atoms with E-state index in [9.17, 15) is 0 Å². The fraction of sp³-hybridized carbons (Fsp3) is 0.400. The number of piperazine rings is 1. The Balaban J connectivity index is 2.05. The third-order valence-electron chi connectivity index (χ3n) is 3.48. The van der Waals surface area contributed by atoms with Crippen LogP contribution in [0.25, 0.3) is 11.3 Å². The molecule has 0 saturated carbocycles. The molecule has 2 aromatic rings. The summed E-state index contributed by atoms with van der Waals surface area (Å²) < 4.78 is 0. The molecule has 104 valence electrons. The first-order valence-corrected chi connectivity index (χ1v) is 6.98. The van der Waals surface area contributed by atoms with Crippen LogP contribution in [-0.4, -0.2) is 41.4 Å². The average Bonchev–Trinajstić information content (AvgIpc) is 2.48. The molecule has 2 heterocycles. The first-order chi connectivity index (χ1) is 9.74. The van der Waals surface area contributed by atoms with Gasteiger partial charge in [-0.05, 0) is 19.9 Å². The molecule has 1 aliphatic rings. The van der Waals surface area contributed by atoms with Crippen molar-refractivity contribution in [1.82, 2.24) is 20.5 Å². The van der Waals surface area contributed by atoms with Gasteiger partial charge >= 0.3 is 0 Å². The lowest BCUT2D eigenvalue weighted by Gasteiger charge is -2.29. The minimum Gasteiger partial charge on any atom is -0.352 e. The van der Waals surface area contributed by atoms with E-state index in [4.69, 9.17) is 0 Å². The van der Waals surface area contributed by atoms with E-state index in [1.807, 2.05) is 13.0 Å². The second-order valence-electron chi connectivity index (χ2n) is 5.14. The van der Waals surface area contributed by atoms with Gasteiger partial charge in [-0.15, -0.1) is 10.2 Å². The molecule has 0 bridgehead atoms. The van der Waals surface area contributed by atoms with E-state index in [1.54, 1.807) is 0 Å². The SMILES string of the molecule is Cc1cccc(-c2nnc(C)nc2N2CCNCC2)c1. The van der Waals surface area contributed by atoms with E-state index in [2.05, 4.69) is 50.5 Å². The summed E-state index contributed by atoms with van der Waals surface area (Å²) in [5.74, 6) is 1.67. The van der Waals surface area contributed by atoms with E-state index in [1.165, 1.54) is 5.56 Å². The van der Waals surface area contributed by atoms with Crippen molar-refractivity contribution < 1.29 is 0 Å². The van der Waals surface area contributed by atoms with Gasteiger partial charge in [-0.2, -0.15) is 0 Å². The van der Waals surface area contributed by atoms with Crippen LogP contribution in [0.15, 0.2) is 24.3 Å². The number of hydrogen-bond donors (Lipinski definition) is 1. The lowest BCUT2D eigenvalue weighted by atomic mass is 10.1. The van der Waals surface area contributed by atoms with Crippen molar-refractivity contribution in [1.29, 1.82) is 0 Å². The first kappa shape index (κ1) is 13.0. The predicted octanol–water partition coefficient (Wildman–Crippen LogP) is 1.57. The van der Waals surface area contributed by atoms with Crippen LogP contribution in [-0.2, 0) is 0 Å². The highest BCUT2D eigenvalue weighted by molar-refractivity contribution is 5.72. The third-order valence-corrected chi connectivity index (χ3v) is 3.48. The van der Waals surface area contributed by atoms with Crippen molar-refractivity contribution in [2.45, 2.75) is 13.8 Å². The van der Waals surface area contributed by atoms with E-state index in [0.29, 0.717) is 0 Å². The van der Waals surface area contributed by atoms with E-state index >= 15 is 0 Å². The van der Waals surface area contributed by atoms with Crippen molar-refractivity contribution in [3.8, 4) is 11.3 Å². The Morgan fingerprint density at radius 3 is 2.65 bits per heavy atom. The van der Waals surface area contributed by atoms with Gasteiger partial charge in [0.05, 0.1) is 0 Å². The summed E-state index contributed by atoms with van der Waals surface area (Å²) in [4.78, 5) is 6.91. The monoisotopic (exact) mass is 269 g/mol. The van der Waals surface area contributed by atoms with Gasteiger partial charge < -0.3 is 10.2 Å². The lowest BCUT2D eigenvalue weighted by Crippen LogP contribution is -2.44. The van der Waals surface area contributed by atoms with Crippen LogP contribution >= 0.6 is 0 Å². The van der Waals surface area contributed by atoms with Gasteiger partial charge in [0.2, 0.25) is 0 Å². The number of benzene rings is 1. The van der Waals surface area contributed by atoms with Crippen molar-refractivity contribution in [2.24, 2.45) is 0 Å². The minimum absolute atomic E-state index is 0.718. The van der Waals surface area contributed by atoms with Gasteiger partial charge in [-0.3, -0.25) is 0 Å². The van der Waals surface area contributed by atoms with Gasteiger partial charge in [0, 0.05) is 31.7 Å². The highest BCUT2D eigenvalue weighted by atomic mass is 15.3. The maximum Gasteiger partial charge on any atom is 0.159 e. The molecular formula is C15H19N5. The molecule has 1 fully saturated rings. The van der Waals surface area contributed by atoms with Gasteiger partial charge in [-0.1, -0.05) is 23.8 Å². The normalized spacial score (nSPS) is 15.4. The van der Waals surface area contributed by atoms with Crippen LogP contribution in [0.4, 0.5) is 5.82 Å². The molecule has 3 rings (SSSR count). The Morgan fingerprint density at radius 1 is 1.10 bits per heavy atom. The highest BCUT2D eigenvalue weighted by Gasteiger charge is 2.18. The number of hydrogen-bond acceptors (Lipinski definition) is 5. The Hall–Kier alpha value is -2.01. The van der Waals surface area contributed by atoms with Crippen molar-refractivity contribution in [3.05, 3.63) is 35.7 Å². The number of anilines is 1. The van der Waals surface area contributed by atoms with Crippen LogP contribution < -0.4 is 10.2 Å². The largest absolute Gasteiger partial charge is 0.352 e. The van der Waals surface area contributed by atoms with E-state index in [0.717, 1.165) is 49.1 Å². The molecule has 0 atom stereocenters. The zero-order valence-corrected chi connectivity index (χ0v) is 11.9. The van der Waals surface area contributed by atoms with Gasteiger partial charge in [-0.25, -0.2) is 4.98 Å². The lowest BCUT2D eigenvalue weighted by molar-refractivity contribution is 0.583. The molecule has 1 N–H and O–H groups in total. The average molecular weight is 269 g/mol. The van der Waals surface area contributed by atoms with Crippen molar-refractivity contribution >= 4 is 5.82 Å². The maximum absolute atomic E-state index is 4.63. The fourth-order valence-electron chi connectivity index (χ4n) is 2.47. The predicted molar refractivity (Wildman–Crippen MR) is 79.8 cm³/mol. The molecule has 5 heteroatoms. The molecule has 0 aliphatic carbocycles. The molecule has 1 aromatic heterocycles. The molecule has 0 unspecified atom stereocenters. The molecule has 20 heavy (non-hydrogen) atoms. The number of nitrogens with one attached hydrogen (secondary N) is 1. The summed E-state index contributed by atoms with van der Waals surface area (Å²) >= 11 is 0. The number of rotatable bonds is 2. The second-order valence-corrected chi connectivity index (χ2v) is 5.14. The Morgan fingerprint density at radius 2 is 1.90 bits per heavy atom. The summed E-state index contributed by atoms with van der Waals surface area (Å²) in [7, 11) is 0. The van der Waals surface area contributed by atoms with Gasteiger partial charge in [0.1, 0.15) is 11.5 Å². The standard InChI is InChI=1S/C15H19N5/c1-11-4-3-5-13(10-11)14-15(17-12(2)18-19-14)20-8-6-16-7-9-20/h3-5,10,16H,6-9H2,1-2H3. The Labute approximate surface area is 119 Å². The molecule has 5 nitrogen and oxygen atoms in total. The smallest absolute Gasteiger partial charge is 0.159 e. The zero-order valence-electron chi connectivity index (χ0n) is 11.9. The summed E-state index contributed by atoms with van der Waals surface area (Å²) in [5, 5.41) is 11.9. The summed E-state index contributed by atoms with van der Waals surface area (Å²) in [6, 6.07) is 8.34. The third kappa shape index (κ3) is 2.63. The van der Waals surface area contributed by atoms with Gasteiger partial charge in [0.25, 0.3) is 0 Å². The molecule has 1 aliphatic heterocycles. The topological polar surface area (TPSA) is 53.9 Å². The van der Waals surface area contributed by atoms with Crippen LogP contribution in [0.5, 0.6) is 0 Å². The van der Waals surface area contributed by atoms with Crippen LogP contribution in [0, 0.1) is 13.8 Å². The highest BCUT2D eigenvalue weighted by Crippen LogP contribution is 2.27. The number of nitrogens with zero attached hydrogens (tertiary/aromatic N) is 4. The minimum atomic E-state index is 0.718. The first-order valence-electron chi connectivity index (χ1n) is 6.98. The van der Waals surface area contributed by atoms with Crippen molar-refractivity contribution in [2.75, 3.05) is 31.1 Å². The fourth-order valence-corrected chi connectivity index (χ4v) is 2.47. The second kappa shape index (κ2) is 5.54. The summed E-state index contributed by atoms with van der Waals surface area (Å²) in [6.07, 6.45) is 0. The van der Waals surface area contributed by atoms with Crippen molar-refractivity contribution in [3.63, 3.8) is 0 Å². The zero-order chi connectivity index (χ0) is 13.9. The quantitative estimate of drug-likeness (QED) is 0.896. The molecule has 1 aromatic carbocycles. The maximum atomic E-state index is 4.63. The molecular weight excluding hydrogens is 250 g/mol. The van der Waals surface area contributed by atoms with E-state index < -0.39 is 0 Å². The number of aryl methyl sites for hydroxylation is 2. The Kier molecular flexibility index (Phi) is 3.60. The molecule has 0 spiro atoms. The summed E-state index contributed by atoms with van der Waals surface area (Å²) in [5.41, 5.74) is 3.18. The summed E-state index contributed by atoms with van der Waals surface area (Å²) in [6.45, 7) is 7.85.